The molecule has 0 aromatic rings. The van der Waals surface area contributed by atoms with Crippen LogP contribution in [0.15, 0.2) is 36.5 Å². The number of rotatable bonds is 30. The zero-order valence-electron chi connectivity index (χ0n) is 31.6. The zero-order chi connectivity index (χ0) is 33.1. The summed E-state index contributed by atoms with van der Waals surface area (Å²) in [5.74, 6) is 0.530. The van der Waals surface area contributed by atoms with Crippen LogP contribution in [-0.4, -0.2) is 43.0 Å². The third-order valence-corrected chi connectivity index (χ3v) is 10.6. The van der Waals surface area contributed by atoms with Gasteiger partial charge in [-0.1, -0.05) is 147 Å². The molecule has 0 N–H and O–H groups in total. The van der Waals surface area contributed by atoms with Crippen molar-refractivity contribution in [3.63, 3.8) is 0 Å². The van der Waals surface area contributed by atoms with Crippen LogP contribution < -0.4 is 0 Å². The Labute approximate surface area is 288 Å². The lowest BCUT2D eigenvalue weighted by molar-refractivity contribution is -0.193. The van der Waals surface area contributed by atoms with Gasteiger partial charge in [0, 0.05) is 18.9 Å². The maximum absolute atomic E-state index is 6.84. The van der Waals surface area contributed by atoms with Crippen molar-refractivity contribution in [3.8, 4) is 0 Å². The number of hydrogen-bond acceptors (Lipinski definition) is 3. The van der Waals surface area contributed by atoms with Crippen LogP contribution in [-0.2, 0) is 9.47 Å². The predicted molar refractivity (Wildman–Crippen MR) is 203 cm³/mol. The van der Waals surface area contributed by atoms with E-state index in [1.165, 1.54) is 141 Å². The molecule has 2 fully saturated rings. The molecule has 3 unspecified atom stereocenters. The number of nitrogens with zero attached hydrogens (tertiary/aromatic N) is 1. The molecule has 1 aliphatic heterocycles. The standard InChI is InChI=1S/C43H79NO2/c1-6-8-10-12-14-15-16-17-18-19-20-21-23-27-31-35-43(45-41-37-40(44(4)5)38-42(41)46-43)36-32-28-24-22-26-30-34-39(3)33-29-25-13-11-9-7-2/h12,14,16-17,25,29,39-42H,6-11,13,15,18-24,26-28,30-38H2,1-5H3/b14-12-,17-16-,29-25-. The van der Waals surface area contributed by atoms with Gasteiger partial charge in [-0.25, -0.2) is 0 Å². The summed E-state index contributed by atoms with van der Waals surface area (Å²) in [6.45, 7) is 6.97. The summed E-state index contributed by atoms with van der Waals surface area (Å²) in [6, 6.07) is 0.606. The predicted octanol–water partition coefficient (Wildman–Crippen LogP) is 13.3. The second-order valence-corrected chi connectivity index (χ2v) is 15.3. The lowest BCUT2D eigenvalue weighted by Gasteiger charge is -2.31. The lowest BCUT2D eigenvalue weighted by atomic mass is 9.97. The number of fused-ring (bicyclic) bond motifs is 1. The average molecular weight is 642 g/mol. The van der Waals surface area contributed by atoms with E-state index in [2.05, 4.69) is 76.2 Å². The SMILES string of the molecule is CCCC/C=C\C/C=C\CCCCCCCCC1(CCCCCCCCC(C)C/C=C\CCCCC)OC2CC(N(C)C)CC2O1. The minimum absolute atomic E-state index is 0.304. The fourth-order valence-corrected chi connectivity index (χ4v) is 7.41. The van der Waals surface area contributed by atoms with Crippen molar-refractivity contribution in [1.82, 2.24) is 4.90 Å². The first-order valence-corrected chi connectivity index (χ1v) is 20.5. The van der Waals surface area contributed by atoms with Crippen molar-refractivity contribution in [2.75, 3.05) is 14.1 Å². The topological polar surface area (TPSA) is 21.7 Å². The third-order valence-electron chi connectivity index (χ3n) is 10.6. The zero-order valence-corrected chi connectivity index (χ0v) is 31.6. The maximum atomic E-state index is 6.84. The van der Waals surface area contributed by atoms with E-state index in [-0.39, 0.29) is 5.79 Å². The van der Waals surface area contributed by atoms with Crippen molar-refractivity contribution in [3.05, 3.63) is 36.5 Å². The van der Waals surface area contributed by atoms with Gasteiger partial charge in [0.2, 0.25) is 0 Å². The van der Waals surface area contributed by atoms with Crippen LogP contribution >= 0.6 is 0 Å². The van der Waals surface area contributed by atoms with Crippen LogP contribution in [0.3, 0.4) is 0 Å². The Morgan fingerprint density at radius 3 is 1.63 bits per heavy atom. The molecule has 1 aliphatic carbocycles. The Morgan fingerprint density at radius 2 is 1.07 bits per heavy atom. The minimum Gasteiger partial charge on any atom is -0.344 e. The van der Waals surface area contributed by atoms with Crippen molar-refractivity contribution < 1.29 is 9.47 Å². The summed E-state index contributed by atoms with van der Waals surface area (Å²) in [5, 5.41) is 0. The molecular weight excluding hydrogens is 562 g/mol. The molecule has 1 saturated heterocycles. The van der Waals surface area contributed by atoms with Crippen LogP contribution in [0.2, 0.25) is 0 Å². The molecule has 0 bridgehead atoms. The Kier molecular flexibility index (Phi) is 24.2. The number of ether oxygens (including phenoxy) is 2. The summed E-state index contributed by atoms with van der Waals surface area (Å²) in [7, 11) is 4.41. The maximum Gasteiger partial charge on any atom is 0.169 e. The molecule has 3 atom stereocenters. The summed E-state index contributed by atoms with van der Waals surface area (Å²) >= 11 is 0. The summed E-state index contributed by atoms with van der Waals surface area (Å²) in [6.07, 6.45) is 49.5. The average Bonchev–Trinajstić information content (AvgIpc) is 3.59. The second-order valence-electron chi connectivity index (χ2n) is 15.3. The van der Waals surface area contributed by atoms with E-state index >= 15 is 0 Å². The first kappa shape index (κ1) is 41.3. The molecule has 1 heterocycles. The van der Waals surface area contributed by atoms with E-state index in [9.17, 15) is 0 Å². The monoisotopic (exact) mass is 642 g/mol. The van der Waals surface area contributed by atoms with Gasteiger partial charge in [0.05, 0.1) is 12.2 Å². The second kappa shape index (κ2) is 27.0. The number of unbranched alkanes of at least 4 members (excludes halogenated alkanes) is 16. The summed E-state index contributed by atoms with van der Waals surface area (Å²) in [5.41, 5.74) is 0. The Morgan fingerprint density at radius 1 is 0.587 bits per heavy atom. The normalized spacial score (nSPS) is 24.0. The van der Waals surface area contributed by atoms with Crippen LogP contribution in [0.5, 0.6) is 0 Å². The molecule has 3 nitrogen and oxygen atoms in total. The van der Waals surface area contributed by atoms with Gasteiger partial charge in [-0.3, -0.25) is 0 Å². The van der Waals surface area contributed by atoms with Crippen LogP contribution in [0.1, 0.15) is 194 Å². The molecule has 1 saturated carbocycles. The van der Waals surface area contributed by atoms with Gasteiger partial charge in [-0.05, 0) is 90.6 Å². The molecule has 268 valence electrons. The van der Waals surface area contributed by atoms with E-state index in [0.717, 1.165) is 38.0 Å². The first-order chi connectivity index (χ1) is 22.5. The molecular formula is C43H79NO2. The quantitative estimate of drug-likeness (QED) is 0.0575. The fraction of sp³-hybridized carbons (Fsp3) is 0.860. The van der Waals surface area contributed by atoms with Crippen LogP contribution in [0, 0.1) is 5.92 Å². The Hall–Kier alpha value is -0.900. The highest BCUT2D eigenvalue weighted by molar-refractivity contribution is 4.96. The molecule has 0 aromatic heterocycles. The van der Waals surface area contributed by atoms with Gasteiger partial charge >= 0.3 is 0 Å². The highest BCUT2D eigenvalue weighted by atomic mass is 16.8. The molecule has 2 rings (SSSR count). The van der Waals surface area contributed by atoms with Crippen LogP contribution in [0.25, 0.3) is 0 Å². The van der Waals surface area contributed by atoms with Gasteiger partial charge in [0.15, 0.2) is 5.79 Å². The van der Waals surface area contributed by atoms with Gasteiger partial charge in [-0.2, -0.15) is 0 Å². The van der Waals surface area contributed by atoms with Gasteiger partial charge in [0.1, 0.15) is 0 Å². The molecule has 0 aromatic carbocycles. The smallest absolute Gasteiger partial charge is 0.169 e. The highest BCUT2D eigenvalue weighted by Crippen LogP contribution is 2.44. The number of allylic oxidation sites excluding steroid dienone is 6. The minimum atomic E-state index is -0.304. The first-order valence-electron chi connectivity index (χ1n) is 20.5. The number of hydrogen-bond donors (Lipinski definition) is 0. The van der Waals surface area contributed by atoms with E-state index in [0.29, 0.717) is 18.2 Å². The summed E-state index contributed by atoms with van der Waals surface area (Å²) in [4.78, 5) is 2.36. The Balaban J connectivity index is 1.57. The van der Waals surface area contributed by atoms with E-state index in [4.69, 9.17) is 9.47 Å². The molecule has 46 heavy (non-hydrogen) atoms. The van der Waals surface area contributed by atoms with Gasteiger partial charge in [-0.15, -0.1) is 0 Å². The third kappa shape index (κ3) is 19.2. The van der Waals surface area contributed by atoms with Crippen molar-refractivity contribution in [1.29, 1.82) is 0 Å². The van der Waals surface area contributed by atoms with E-state index < -0.39 is 0 Å². The highest BCUT2D eigenvalue weighted by Gasteiger charge is 2.51. The van der Waals surface area contributed by atoms with Crippen molar-refractivity contribution in [2.45, 2.75) is 218 Å². The summed E-state index contributed by atoms with van der Waals surface area (Å²) < 4.78 is 13.7. The fourth-order valence-electron chi connectivity index (χ4n) is 7.41. The van der Waals surface area contributed by atoms with Gasteiger partial charge in [0.25, 0.3) is 0 Å². The van der Waals surface area contributed by atoms with Gasteiger partial charge < -0.3 is 14.4 Å². The molecule has 0 spiro atoms. The molecule has 2 aliphatic rings. The van der Waals surface area contributed by atoms with E-state index in [1.54, 1.807) is 0 Å². The lowest BCUT2D eigenvalue weighted by Crippen LogP contribution is -2.34. The van der Waals surface area contributed by atoms with E-state index in [1.807, 2.05) is 0 Å². The van der Waals surface area contributed by atoms with Crippen molar-refractivity contribution >= 4 is 0 Å². The van der Waals surface area contributed by atoms with Crippen molar-refractivity contribution in [2.24, 2.45) is 5.92 Å². The van der Waals surface area contributed by atoms with Crippen LogP contribution in [0.4, 0.5) is 0 Å². The molecule has 3 heteroatoms. The molecule has 0 radical (unpaired) electrons. The Bertz CT molecular complexity index is 772. The largest absolute Gasteiger partial charge is 0.344 e. The molecule has 0 amide bonds.